The normalized spacial score (nSPS) is 18.0. The summed E-state index contributed by atoms with van der Waals surface area (Å²) < 4.78 is 6.89. The van der Waals surface area contributed by atoms with E-state index in [1.54, 1.807) is 9.42 Å². The first-order valence-electron chi connectivity index (χ1n) is 13.3. The molecule has 2 aromatic heterocycles. The Labute approximate surface area is 223 Å². The van der Waals surface area contributed by atoms with Gasteiger partial charge < -0.3 is 25.0 Å². The lowest BCUT2D eigenvalue weighted by Crippen LogP contribution is -2.43. The third-order valence-electron chi connectivity index (χ3n) is 7.48. The Morgan fingerprint density at radius 1 is 1.18 bits per heavy atom. The van der Waals surface area contributed by atoms with Crippen LogP contribution in [0.3, 0.4) is 0 Å². The average Bonchev–Trinajstić information content (AvgIpc) is 3.36. The van der Waals surface area contributed by atoms with Crippen LogP contribution < -0.4 is 5.32 Å². The lowest BCUT2D eigenvalue weighted by molar-refractivity contribution is -0.0222. The molecule has 0 radical (unpaired) electrons. The van der Waals surface area contributed by atoms with Gasteiger partial charge in [0.25, 0.3) is 0 Å². The molecule has 10 nitrogen and oxygen atoms in total. The number of amides is 1. The Hall–Kier alpha value is -3.47. The molecule has 1 fully saturated rings. The molecule has 0 aliphatic carbocycles. The Kier molecular flexibility index (Phi) is 7.92. The molecule has 1 atom stereocenters. The average molecular weight is 520 g/mol. The van der Waals surface area contributed by atoms with Gasteiger partial charge in [-0.05, 0) is 75.7 Å². The molecular weight excluding hydrogens is 482 g/mol. The summed E-state index contributed by atoms with van der Waals surface area (Å²) in [4.78, 5) is 22.9. The number of nitrogens with zero attached hydrogens (tertiary/aromatic N) is 6. The van der Waals surface area contributed by atoms with Crippen molar-refractivity contribution in [2.75, 3.05) is 52.2 Å². The van der Waals surface area contributed by atoms with Crippen molar-refractivity contribution < 1.29 is 14.6 Å². The summed E-state index contributed by atoms with van der Waals surface area (Å²) in [6.07, 6.45) is 5.91. The van der Waals surface area contributed by atoms with E-state index in [0.29, 0.717) is 31.7 Å². The van der Waals surface area contributed by atoms with Crippen molar-refractivity contribution in [1.29, 1.82) is 0 Å². The van der Waals surface area contributed by atoms with E-state index in [1.165, 1.54) is 0 Å². The van der Waals surface area contributed by atoms with Gasteiger partial charge in [0.05, 0.1) is 6.61 Å². The molecule has 3 aromatic rings. The summed E-state index contributed by atoms with van der Waals surface area (Å²) in [6, 6.07) is 12.4. The molecule has 202 valence electrons. The number of nitrogens with one attached hydrogen (secondary N) is 1. The van der Waals surface area contributed by atoms with Crippen LogP contribution in [-0.4, -0.2) is 93.4 Å². The minimum atomic E-state index is -0.605. The summed E-state index contributed by atoms with van der Waals surface area (Å²) in [5.74, 6) is 0.501. The topological polar surface area (TPSA) is 98.5 Å². The number of hydrogen-bond donors (Lipinski definition) is 2. The monoisotopic (exact) mass is 519 g/mol. The van der Waals surface area contributed by atoms with E-state index >= 15 is 0 Å². The zero-order chi connectivity index (χ0) is 26.6. The number of ether oxygens (including phenoxy) is 1. The highest BCUT2D eigenvalue weighted by atomic mass is 16.6. The van der Waals surface area contributed by atoms with Gasteiger partial charge in [0.15, 0.2) is 5.65 Å². The highest BCUT2D eigenvalue weighted by Gasteiger charge is 2.26. The van der Waals surface area contributed by atoms with E-state index in [1.807, 2.05) is 49.5 Å². The molecule has 0 bridgehead atoms. The summed E-state index contributed by atoms with van der Waals surface area (Å²) in [7, 11) is 4.24. The van der Waals surface area contributed by atoms with Crippen LogP contribution in [0.5, 0.6) is 0 Å². The van der Waals surface area contributed by atoms with E-state index < -0.39 is 6.23 Å². The first kappa shape index (κ1) is 26.1. The van der Waals surface area contributed by atoms with Crippen LogP contribution in [0.2, 0.25) is 0 Å². The Morgan fingerprint density at radius 2 is 1.95 bits per heavy atom. The largest absolute Gasteiger partial charge is 0.450 e. The first-order valence-corrected chi connectivity index (χ1v) is 13.3. The molecule has 1 aromatic carbocycles. The standard InChI is InChI=1S/C28H37N7O3/c1-4-38-28(37)34-16-11-20(12-17-34)24-6-5-15-35-25(24)30-27(31-35)29-22-9-7-21(8-10-22)26(36)33-18-13-23(14-19-33)32(2)3/h5-11,15,23,26,36H,4,12-14,16-19H2,1-3H3,(H,29,31). The molecule has 10 heteroatoms. The number of pyridine rings is 1. The second kappa shape index (κ2) is 11.5. The van der Waals surface area contributed by atoms with Gasteiger partial charge in [0.2, 0.25) is 5.95 Å². The Morgan fingerprint density at radius 3 is 2.61 bits per heavy atom. The number of aromatic nitrogens is 3. The van der Waals surface area contributed by atoms with Crippen LogP contribution in [0.25, 0.3) is 11.2 Å². The number of anilines is 2. The SMILES string of the molecule is CCOC(=O)N1CC=C(c2cccn3nc(Nc4ccc(C(O)N5CCC(N(C)C)CC5)cc4)nc23)CC1. The predicted molar refractivity (Wildman–Crippen MR) is 147 cm³/mol. The molecule has 2 N–H and O–H groups in total. The summed E-state index contributed by atoms with van der Waals surface area (Å²) >= 11 is 0. The van der Waals surface area contributed by atoms with Crippen molar-refractivity contribution in [3.8, 4) is 0 Å². The van der Waals surface area contributed by atoms with E-state index in [2.05, 4.69) is 40.4 Å². The number of piperidine rings is 1. The lowest BCUT2D eigenvalue weighted by atomic mass is 10.0. The molecule has 1 amide bonds. The second-order valence-corrected chi connectivity index (χ2v) is 10.1. The number of fused-ring (bicyclic) bond motifs is 1. The Bertz CT molecular complexity index is 1280. The predicted octanol–water partition coefficient (Wildman–Crippen LogP) is 3.74. The Balaban J connectivity index is 1.25. The van der Waals surface area contributed by atoms with Crippen molar-refractivity contribution in [2.24, 2.45) is 0 Å². The van der Waals surface area contributed by atoms with Crippen LogP contribution in [0.1, 0.15) is 43.5 Å². The summed E-state index contributed by atoms with van der Waals surface area (Å²) in [5, 5.41) is 18.8. The van der Waals surface area contributed by atoms with Gasteiger partial charge in [-0.2, -0.15) is 4.98 Å². The van der Waals surface area contributed by atoms with Gasteiger partial charge in [-0.15, -0.1) is 5.10 Å². The maximum absolute atomic E-state index is 12.0. The fourth-order valence-electron chi connectivity index (χ4n) is 5.23. The lowest BCUT2D eigenvalue weighted by Gasteiger charge is -2.37. The number of likely N-dealkylation sites (tertiary alicyclic amines) is 1. The highest BCUT2D eigenvalue weighted by Crippen LogP contribution is 2.28. The zero-order valence-corrected chi connectivity index (χ0v) is 22.4. The number of benzene rings is 1. The smallest absolute Gasteiger partial charge is 0.410 e. The summed E-state index contributed by atoms with van der Waals surface area (Å²) in [5.41, 5.74) is 4.65. The highest BCUT2D eigenvalue weighted by molar-refractivity contribution is 5.79. The number of rotatable bonds is 7. The molecule has 4 heterocycles. The van der Waals surface area contributed by atoms with Gasteiger partial charge in [0, 0.05) is 49.7 Å². The third kappa shape index (κ3) is 5.67. The van der Waals surface area contributed by atoms with Crippen LogP contribution in [-0.2, 0) is 4.74 Å². The second-order valence-electron chi connectivity index (χ2n) is 10.1. The number of carbonyl (C=O) groups is 1. The molecule has 5 rings (SSSR count). The van der Waals surface area contributed by atoms with Gasteiger partial charge in [0.1, 0.15) is 6.23 Å². The van der Waals surface area contributed by atoms with E-state index in [-0.39, 0.29) is 6.09 Å². The van der Waals surface area contributed by atoms with E-state index in [4.69, 9.17) is 9.72 Å². The molecule has 38 heavy (non-hydrogen) atoms. The zero-order valence-electron chi connectivity index (χ0n) is 22.4. The fourth-order valence-corrected chi connectivity index (χ4v) is 5.23. The molecule has 0 saturated carbocycles. The summed E-state index contributed by atoms with van der Waals surface area (Å²) in [6.45, 7) is 5.08. The van der Waals surface area contributed by atoms with Crippen LogP contribution >= 0.6 is 0 Å². The van der Waals surface area contributed by atoms with E-state index in [9.17, 15) is 9.90 Å². The molecule has 0 spiro atoms. The van der Waals surface area contributed by atoms with Crippen molar-refractivity contribution in [1.82, 2.24) is 29.3 Å². The minimum Gasteiger partial charge on any atom is -0.450 e. The number of hydrogen-bond acceptors (Lipinski definition) is 8. The van der Waals surface area contributed by atoms with E-state index in [0.717, 1.165) is 60.4 Å². The van der Waals surface area contributed by atoms with Crippen molar-refractivity contribution in [2.45, 2.75) is 38.5 Å². The van der Waals surface area contributed by atoms with Crippen molar-refractivity contribution in [3.63, 3.8) is 0 Å². The molecule has 1 saturated heterocycles. The number of aliphatic hydroxyl groups is 1. The van der Waals surface area contributed by atoms with Gasteiger partial charge in [-0.1, -0.05) is 18.2 Å². The fraction of sp³-hybridized carbons (Fsp3) is 0.464. The molecule has 1 unspecified atom stereocenters. The maximum atomic E-state index is 12.0. The van der Waals surface area contributed by atoms with Crippen LogP contribution in [0.15, 0.2) is 48.7 Å². The van der Waals surface area contributed by atoms with Crippen molar-refractivity contribution in [3.05, 3.63) is 59.8 Å². The molecule has 2 aliphatic heterocycles. The van der Waals surface area contributed by atoms with Gasteiger partial charge >= 0.3 is 6.09 Å². The molecular formula is C28H37N7O3. The molecule has 2 aliphatic rings. The maximum Gasteiger partial charge on any atom is 0.410 e. The first-order chi connectivity index (χ1) is 18.4. The number of aliphatic hydroxyl groups excluding tert-OH is 1. The quantitative estimate of drug-likeness (QED) is 0.487. The number of carbonyl (C=O) groups excluding carboxylic acids is 1. The minimum absolute atomic E-state index is 0.276. The van der Waals surface area contributed by atoms with Gasteiger partial charge in [-0.3, -0.25) is 4.90 Å². The van der Waals surface area contributed by atoms with Gasteiger partial charge in [-0.25, -0.2) is 9.31 Å². The van der Waals surface area contributed by atoms with Crippen LogP contribution in [0, 0.1) is 0 Å². The third-order valence-corrected chi connectivity index (χ3v) is 7.48. The van der Waals surface area contributed by atoms with Crippen LogP contribution in [0.4, 0.5) is 16.4 Å². The van der Waals surface area contributed by atoms with Crippen molar-refractivity contribution >= 4 is 28.9 Å².